The molecule has 0 aliphatic rings. The molecule has 0 aliphatic heterocycles. The van der Waals surface area contributed by atoms with Crippen LogP contribution in [0, 0.1) is 0 Å². The van der Waals surface area contributed by atoms with Crippen LogP contribution in [0.4, 0.5) is 13.2 Å². The molecule has 0 bridgehead atoms. The molecular weight excluding hydrogens is 265 g/mol. The van der Waals surface area contributed by atoms with Crippen molar-refractivity contribution >= 4 is 11.3 Å². The van der Waals surface area contributed by atoms with Gasteiger partial charge in [-0.2, -0.15) is 13.2 Å². The molecule has 0 saturated carbocycles. The predicted molar refractivity (Wildman–Crippen MR) is 64.5 cm³/mol. The molecule has 1 aromatic heterocycles. The monoisotopic (exact) mass is 282 g/mol. The highest BCUT2D eigenvalue weighted by Crippen LogP contribution is 2.22. The van der Waals surface area contributed by atoms with Crippen molar-refractivity contribution in [2.45, 2.75) is 39.1 Å². The molecule has 0 aromatic carbocycles. The summed E-state index contributed by atoms with van der Waals surface area (Å²) in [5.41, 5.74) is 0. The molecule has 0 fully saturated rings. The van der Waals surface area contributed by atoms with E-state index in [1.165, 1.54) is 11.3 Å². The Kier molecular flexibility index (Phi) is 6.04. The van der Waals surface area contributed by atoms with Crippen molar-refractivity contribution in [3.63, 3.8) is 0 Å². The van der Waals surface area contributed by atoms with Crippen LogP contribution in [0.1, 0.15) is 36.2 Å². The van der Waals surface area contributed by atoms with E-state index in [1.54, 1.807) is 6.20 Å². The molecule has 0 saturated heterocycles. The van der Waals surface area contributed by atoms with Crippen LogP contribution in [0.5, 0.6) is 0 Å². The molecule has 0 radical (unpaired) electrons. The zero-order chi connectivity index (χ0) is 13.6. The first-order chi connectivity index (χ1) is 8.42. The Bertz CT molecular complexity index is 354. The van der Waals surface area contributed by atoms with Crippen molar-refractivity contribution in [3.05, 3.63) is 16.1 Å². The van der Waals surface area contributed by atoms with Crippen LogP contribution in [0.2, 0.25) is 0 Å². The largest absolute Gasteiger partial charge is 0.411 e. The lowest BCUT2D eigenvalue weighted by Crippen LogP contribution is -2.18. The van der Waals surface area contributed by atoms with Crippen LogP contribution in [0.3, 0.4) is 0 Å². The van der Waals surface area contributed by atoms with Gasteiger partial charge in [0.1, 0.15) is 11.6 Å². The van der Waals surface area contributed by atoms with E-state index in [0.29, 0.717) is 5.01 Å². The molecule has 1 aromatic rings. The Morgan fingerprint density at radius 1 is 1.50 bits per heavy atom. The average Bonchev–Trinajstić information content (AvgIpc) is 2.73. The van der Waals surface area contributed by atoms with Crippen molar-refractivity contribution < 1.29 is 17.9 Å². The number of halogens is 3. The Morgan fingerprint density at radius 2 is 2.22 bits per heavy atom. The van der Waals surface area contributed by atoms with E-state index in [-0.39, 0.29) is 12.6 Å². The van der Waals surface area contributed by atoms with Crippen LogP contribution in [0.15, 0.2) is 6.20 Å². The molecule has 0 amide bonds. The maximum Gasteiger partial charge on any atom is 0.411 e. The molecule has 0 aliphatic carbocycles. The van der Waals surface area contributed by atoms with Gasteiger partial charge < -0.3 is 10.1 Å². The van der Waals surface area contributed by atoms with Crippen molar-refractivity contribution in [3.8, 4) is 0 Å². The number of rotatable bonds is 7. The summed E-state index contributed by atoms with van der Waals surface area (Å²) >= 11 is 1.38. The molecule has 104 valence electrons. The summed E-state index contributed by atoms with van der Waals surface area (Å²) in [6.45, 7) is 3.65. The quantitative estimate of drug-likeness (QED) is 0.833. The number of hydrogen-bond acceptors (Lipinski definition) is 4. The smallest absolute Gasteiger partial charge is 0.365 e. The van der Waals surface area contributed by atoms with Crippen LogP contribution >= 0.6 is 11.3 Å². The van der Waals surface area contributed by atoms with E-state index in [2.05, 4.69) is 22.0 Å². The minimum atomic E-state index is -4.28. The van der Waals surface area contributed by atoms with Crippen LogP contribution in [0.25, 0.3) is 0 Å². The average molecular weight is 282 g/mol. The van der Waals surface area contributed by atoms with Gasteiger partial charge in [0.2, 0.25) is 0 Å². The van der Waals surface area contributed by atoms with E-state index in [0.717, 1.165) is 17.8 Å². The van der Waals surface area contributed by atoms with Gasteiger partial charge in [-0.25, -0.2) is 4.98 Å². The third kappa shape index (κ3) is 5.79. The Hall–Kier alpha value is -0.660. The summed E-state index contributed by atoms with van der Waals surface area (Å²) in [4.78, 5) is 5.06. The van der Waals surface area contributed by atoms with E-state index in [9.17, 15) is 13.2 Å². The number of hydrogen-bond donors (Lipinski definition) is 1. The summed E-state index contributed by atoms with van der Waals surface area (Å²) in [5, 5.41) is 3.86. The Morgan fingerprint density at radius 3 is 2.83 bits per heavy atom. The molecule has 3 nitrogen and oxygen atoms in total. The second kappa shape index (κ2) is 7.06. The van der Waals surface area contributed by atoms with Gasteiger partial charge in [0.15, 0.2) is 0 Å². The normalized spacial score (nSPS) is 13.8. The first-order valence-electron chi connectivity index (χ1n) is 5.75. The van der Waals surface area contributed by atoms with E-state index in [4.69, 9.17) is 0 Å². The van der Waals surface area contributed by atoms with Crippen molar-refractivity contribution in [1.82, 2.24) is 10.3 Å². The number of aromatic nitrogens is 1. The van der Waals surface area contributed by atoms with E-state index < -0.39 is 12.8 Å². The third-order valence-electron chi connectivity index (χ3n) is 2.19. The van der Waals surface area contributed by atoms with Crippen LogP contribution in [-0.4, -0.2) is 24.3 Å². The lowest BCUT2D eigenvalue weighted by Gasteiger charge is -2.09. The SMILES string of the molecule is CCCNC(C)c1cnc(COCC(F)(F)F)s1. The minimum absolute atomic E-state index is 0.0926. The van der Waals surface area contributed by atoms with Gasteiger partial charge in [-0.15, -0.1) is 11.3 Å². The molecule has 1 unspecified atom stereocenters. The molecule has 1 atom stereocenters. The van der Waals surface area contributed by atoms with Crippen molar-refractivity contribution in [1.29, 1.82) is 0 Å². The molecular formula is C11H17F3N2OS. The summed E-state index contributed by atoms with van der Waals surface area (Å²) < 4.78 is 40.2. The highest BCUT2D eigenvalue weighted by molar-refractivity contribution is 7.11. The van der Waals surface area contributed by atoms with Gasteiger partial charge in [-0.05, 0) is 19.9 Å². The second-order valence-corrected chi connectivity index (χ2v) is 5.09. The molecule has 7 heteroatoms. The first kappa shape index (κ1) is 15.4. The molecule has 18 heavy (non-hydrogen) atoms. The van der Waals surface area contributed by atoms with E-state index >= 15 is 0 Å². The summed E-state index contributed by atoms with van der Waals surface area (Å²) in [7, 11) is 0. The second-order valence-electron chi connectivity index (χ2n) is 3.94. The van der Waals surface area contributed by atoms with E-state index in [1.807, 2.05) is 6.92 Å². The van der Waals surface area contributed by atoms with Gasteiger partial charge in [0.05, 0.1) is 6.61 Å². The molecule has 1 heterocycles. The van der Waals surface area contributed by atoms with Gasteiger partial charge >= 0.3 is 6.18 Å². The van der Waals surface area contributed by atoms with Gasteiger partial charge in [0.25, 0.3) is 0 Å². The van der Waals surface area contributed by atoms with Crippen molar-refractivity contribution in [2.24, 2.45) is 0 Å². The predicted octanol–water partition coefficient (Wildman–Crippen LogP) is 3.28. The highest BCUT2D eigenvalue weighted by Gasteiger charge is 2.27. The van der Waals surface area contributed by atoms with Gasteiger partial charge in [-0.3, -0.25) is 0 Å². The number of ether oxygens (including phenoxy) is 1. The summed E-state index contributed by atoms with van der Waals surface area (Å²) in [6.07, 6.45) is -1.56. The third-order valence-corrected chi connectivity index (χ3v) is 3.34. The maximum atomic E-state index is 11.9. The van der Waals surface area contributed by atoms with Crippen LogP contribution in [-0.2, 0) is 11.3 Å². The standard InChI is InChI=1S/C11H17F3N2OS/c1-3-4-15-8(2)9-5-16-10(18-9)6-17-7-11(12,13)14/h5,8,15H,3-4,6-7H2,1-2H3. The lowest BCUT2D eigenvalue weighted by molar-refractivity contribution is -0.176. The highest BCUT2D eigenvalue weighted by atomic mass is 32.1. The minimum Gasteiger partial charge on any atom is -0.365 e. The fourth-order valence-corrected chi connectivity index (χ4v) is 2.19. The zero-order valence-corrected chi connectivity index (χ0v) is 11.2. The summed E-state index contributed by atoms with van der Waals surface area (Å²) in [5.74, 6) is 0. The Labute approximate surface area is 108 Å². The van der Waals surface area contributed by atoms with Gasteiger partial charge in [0, 0.05) is 17.1 Å². The fraction of sp³-hybridized carbons (Fsp3) is 0.727. The van der Waals surface area contributed by atoms with Crippen molar-refractivity contribution in [2.75, 3.05) is 13.2 Å². The zero-order valence-electron chi connectivity index (χ0n) is 10.4. The number of nitrogens with one attached hydrogen (secondary N) is 1. The molecule has 1 rings (SSSR count). The van der Waals surface area contributed by atoms with Crippen LogP contribution < -0.4 is 5.32 Å². The lowest BCUT2D eigenvalue weighted by atomic mass is 10.3. The first-order valence-corrected chi connectivity index (χ1v) is 6.56. The topological polar surface area (TPSA) is 34.2 Å². The number of nitrogens with zero attached hydrogens (tertiary/aromatic N) is 1. The Balaban J connectivity index is 2.38. The fourth-order valence-electron chi connectivity index (χ4n) is 1.31. The maximum absolute atomic E-state index is 11.9. The summed E-state index contributed by atoms with van der Waals surface area (Å²) in [6, 6.07) is 0.166. The van der Waals surface area contributed by atoms with Gasteiger partial charge in [-0.1, -0.05) is 6.92 Å². The molecule has 1 N–H and O–H groups in total. The number of thiazole rings is 1. The number of alkyl halides is 3. The molecule has 0 spiro atoms.